The molecule has 2 rings (SSSR count). The SMILES string of the molecule is CN=C(NCCNC(=O)c1ccco1)N(C)Cc1cccn1C. The molecule has 0 saturated carbocycles. The third kappa shape index (κ3) is 4.64. The number of amides is 1. The summed E-state index contributed by atoms with van der Waals surface area (Å²) >= 11 is 0. The second-order valence-electron chi connectivity index (χ2n) is 5.17. The van der Waals surface area contributed by atoms with Gasteiger partial charge < -0.3 is 24.5 Å². The molecule has 0 aliphatic heterocycles. The van der Waals surface area contributed by atoms with Crippen LogP contribution < -0.4 is 10.6 Å². The molecule has 124 valence electrons. The summed E-state index contributed by atoms with van der Waals surface area (Å²) in [6.45, 7) is 1.81. The third-order valence-electron chi connectivity index (χ3n) is 3.46. The molecular formula is C16H23N5O2. The van der Waals surface area contributed by atoms with Gasteiger partial charge in [-0.25, -0.2) is 0 Å². The number of aromatic nitrogens is 1. The monoisotopic (exact) mass is 317 g/mol. The second-order valence-corrected chi connectivity index (χ2v) is 5.17. The number of aliphatic imine (C=N–C) groups is 1. The number of rotatable bonds is 6. The minimum atomic E-state index is -0.219. The molecule has 7 heteroatoms. The van der Waals surface area contributed by atoms with E-state index < -0.39 is 0 Å². The third-order valence-corrected chi connectivity index (χ3v) is 3.46. The molecule has 23 heavy (non-hydrogen) atoms. The summed E-state index contributed by atoms with van der Waals surface area (Å²) in [5.41, 5.74) is 1.20. The van der Waals surface area contributed by atoms with Crippen molar-refractivity contribution < 1.29 is 9.21 Å². The molecular weight excluding hydrogens is 294 g/mol. The highest BCUT2D eigenvalue weighted by Crippen LogP contribution is 2.03. The van der Waals surface area contributed by atoms with Gasteiger partial charge in [0.15, 0.2) is 11.7 Å². The molecule has 2 N–H and O–H groups in total. The van der Waals surface area contributed by atoms with Crippen LogP contribution in [-0.4, -0.2) is 48.5 Å². The molecule has 7 nitrogen and oxygen atoms in total. The Kier molecular flexibility index (Phi) is 5.85. The second kappa shape index (κ2) is 8.07. The maximum Gasteiger partial charge on any atom is 0.287 e. The highest BCUT2D eigenvalue weighted by Gasteiger charge is 2.09. The molecule has 0 fully saturated rings. The fourth-order valence-corrected chi connectivity index (χ4v) is 2.21. The molecule has 2 heterocycles. The van der Waals surface area contributed by atoms with Crippen molar-refractivity contribution in [2.24, 2.45) is 12.0 Å². The largest absolute Gasteiger partial charge is 0.459 e. The molecule has 2 aromatic heterocycles. The van der Waals surface area contributed by atoms with Crippen LogP contribution in [0.15, 0.2) is 46.1 Å². The maximum atomic E-state index is 11.7. The molecule has 0 atom stereocenters. The zero-order valence-corrected chi connectivity index (χ0v) is 13.7. The van der Waals surface area contributed by atoms with Crippen LogP contribution in [0.4, 0.5) is 0 Å². The lowest BCUT2D eigenvalue weighted by Crippen LogP contribution is -2.42. The minimum Gasteiger partial charge on any atom is -0.459 e. The zero-order valence-electron chi connectivity index (χ0n) is 13.7. The number of nitrogens with one attached hydrogen (secondary N) is 2. The van der Waals surface area contributed by atoms with E-state index in [9.17, 15) is 4.79 Å². The summed E-state index contributed by atoms with van der Waals surface area (Å²) in [6, 6.07) is 7.42. The van der Waals surface area contributed by atoms with Gasteiger partial charge in [-0.05, 0) is 24.3 Å². The van der Waals surface area contributed by atoms with Crippen LogP contribution in [-0.2, 0) is 13.6 Å². The number of carbonyl (C=O) groups excluding carboxylic acids is 1. The van der Waals surface area contributed by atoms with Gasteiger partial charge in [-0.15, -0.1) is 0 Å². The van der Waals surface area contributed by atoms with Gasteiger partial charge in [-0.3, -0.25) is 9.79 Å². The highest BCUT2D eigenvalue weighted by molar-refractivity contribution is 5.91. The Morgan fingerprint density at radius 2 is 2.09 bits per heavy atom. The van der Waals surface area contributed by atoms with E-state index >= 15 is 0 Å². The van der Waals surface area contributed by atoms with E-state index in [2.05, 4.69) is 26.3 Å². The lowest BCUT2D eigenvalue weighted by Gasteiger charge is -2.22. The fraction of sp³-hybridized carbons (Fsp3) is 0.375. The average Bonchev–Trinajstić information content (AvgIpc) is 3.19. The van der Waals surface area contributed by atoms with Crippen molar-refractivity contribution in [3.63, 3.8) is 0 Å². The van der Waals surface area contributed by atoms with Crippen LogP contribution in [0, 0.1) is 0 Å². The summed E-state index contributed by atoms with van der Waals surface area (Å²) in [5, 5.41) is 6.01. The van der Waals surface area contributed by atoms with Crippen LogP contribution in [0.25, 0.3) is 0 Å². The van der Waals surface area contributed by atoms with Crippen molar-refractivity contribution in [1.82, 2.24) is 20.1 Å². The number of nitrogens with zero attached hydrogens (tertiary/aromatic N) is 3. The number of carbonyl (C=O) groups is 1. The first-order valence-corrected chi connectivity index (χ1v) is 7.45. The van der Waals surface area contributed by atoms with Gasteiger partial charge in [0.1, 0.15) is 0 Å². The Labute approximate surface area is 136 Å². The summed E-state index contributed by atoms with van der Waals surface area (Å²) in [4.78, 5) is 18.0. The summed E-state index contributed by atoms with van der Waals surface area (Å²) < 4.78 is 7.11. The van der Waals surface area contributed by atoms with Crippen molar-refractivity contribution in [2.45, 2.75) is 6.54 Å². The van der Waals surface area contributed by atoms with Gasteiger partial charge in [0.05, 0.1) is 12.8 Å². The van der Waals surface area contributed by atoms with E-state index in [4.69, 9.17) is 4.42 Å². The number of hydrogen-bond donors (Lipinski definition) is 2. The van der Waals surface area contributed by atoms with Crippen LogP contribution in [0.5, 0.6) is 0 Å². The Morgan fingerprint density at radius 3 is 2.70 bits per heavy atom. The normalized spacial score (nSPS) is 11.3. The van der Waals surface area contributed by atoms with E-state index in [1.54, 1.807) is 19.2 Å². The minimum absolute atomic E-state index is 0.219. The van der Waals surface area contributed by atoms with Gasteiger partial charge in [0, 0.05) is 46.1 Å². The lowest BCUT2D eigenvalue weighted by atomic mass is 10.4. The van der Waals surface area contributed by atoms with E-state index in [0.717, 1.165) is 12.5 Å². The highest BCUT2D eigenvalue weighted by atomic mass is 16.3. The van der Waals surface area contributed by atoms with Crippen molar-refractivity contribution in [1.29, 1.82) is 0 Å². The summed E-state index contributed by atoms with van der Waals surface area (Å²) in [5.74, 6) is 0.873. The first kappa shape index (κ1) is 16.7. The topological polar surface area (TPSA) is 74.8 Å². The number of aryl methyl sites for hydroxylation is 1. The standard InChI is InChI=1S/C16H23N5O2/c1-17-16(21(3)12-13-6-4-10-20(13)2)19-9-8-18-15(22)14-7-5-11-23-14/h4-7,10-11H,8-9,12H2,1-3H3,(H,17,19)(H,18,22). The first-order valence-electron chi connectivity index (χ1n) is 7.45. The summed E-state index contributed by atoms with van der Waals surface area (Å²) in [7, 11) is 5.73. The Hall–Kier alpha value is -2.70. The molecule has 0 aromatic carbocycles. The van der Waals surface area contributed by atoms with Gasteiger partial charge >= 0.3 is 0 Å². The molecule has 2 aromatic rings. The number of furan rings is 1. The van der Waals surface area contributed by atoms with E-state index in [1.807, 2.05) is 31.3 Å². The number of hydrogen-bond acceptors (Lipinski definition) is 3. The van der Waals surface area contributed by atoms with Gasteiger partial charge in [0.2, 0.25) is 0 Å². The van der Waals surface area contributed by atoms with Gasteiger partial charge in [-0.1, -0.05) is 0 Å². The van der Waals surface area contributed by atoms with Crippen LogP contribution >= 0.6 is 0 Å². The van der Waals surface area contributed by atoms with Gasteiger partial charge in [-0.2, -0.15) is 0 Å². The number of guanidine groups is 1. The Morgan fingerprint density at radius 1 is 1.30 bits per heavy atom. The molecule has 0 aliphatic carbocycles. The fourth-order valence-electron chi connectivity index (χ4n) is 2.21. The summed E-state index contributed by atoms with van der Waals surface area (Å²) in [6.07, 6.45) is 3.50. The predicted octanol–water partition coefficient (Wildman–Crippen LogP) is 1.06. The van der Waals surface area contributed by atoms with E-state index in [-0.39, 0.29) is 5.91 Å². The van der Waals surface area contributed by atoms with Crippen molar-refractivity contribution >= 4 is 11.9 Å². The predicted molar refractivity (Wildman–Crippen MR) is 89.3 cm³/mol. The molecule has 0 bridgehead atoms. The molecule has 0 spiro atoms. The van der Waals surface area contributed by atoms with E-state index in [0.29, 0.717) is 18.8 Å². The molecule has 0 radical (unpaired) electrons. The van der Waals surface area contributed by atoms with Crippen LogP contribution in [0.1, 0.15) is 16.2 Å². The van der Waals surface area contributed by atoms with Crippen molar-refractivity contribution in [3.05, 3.63) is 48.2 Å². The van der Waals surface area contributed by atoms with Crippen molar-refractivity contribution in [3.8, 4) is 0 Å². The molecule has 0 saturated heterocycles. The van der Waals surface area contributed by atoms with Crippen LogP contribution in [0.2, 0.25) is 0 Å². The smallest absolute Gasteiger partial charge is 0.287 e. The molecule has 1 amide bonds. The average molecular weight is 317 g/mol. The van der Waals surface area contributed by atoms with Crippen molar-refractivity contribution in [2.75, 3.05) is 27.2 Å². The maximum absolute atomic E-state index is 11.7. The lowest BCUT2D eigenvalue weighted by molar-refractivity contribution is 0.0926. The quantitative estimate of drug-likeness (QED) is 0.474. The van der Waals surface area contributed by atoms with Gasteiger partial charge in [0.25, 0.3) is 5.91 Å². The van der Waals surface area contributed by atoms with E-state index in [1.165, 1.54) is 12.0 Å². The molecule has 0 unspecified atom stereocenters. The van der Waals surface area contributed by atoms with Crippen LogP contribution in [0.3, 0.4) is 0 Å². The zero-order chi connectivity index (χ0) is 16.7. The first-order chi connectivity index (χ1) is 11.1. The Balaban J connectivity index is 1.74. The molecule has 0 aliphatic rings. The Bertz CT molecular complexity index is 645.